The molecule has 2 aromatic heterocycles. The molecular formula is C35H30Cl2N6O6. The molecule has 5 aromatic rings. The van der Waals surface area contributed by atoms with Crippen molar-refractivity contribution in [2.75, 3.05) is 37.3 Å². The number of para-hydroxylation sites is 1. The average Bonchev–Trinajstić information content (AvgIpc) is 3.11. The van der Waals surface area contributed by atoms with E-state index in [0.717, 1.165) is 6.08 Å². The highest BCUT2D eigenvalue weighted by atomic mass is 35.5. The van der Waals surface area contributed by atoms with Gasteiger partial charge in [0.15, 0.2) is 0 Å². The molecule has 2 amide bonds. The monoisotopic (exact) mass is 700 g/mol. The Bertz CT molecular complexity index is 2140. The van der Waals surface area contributed by atoms with Gasteiger partial charge in [-0.05, 0) is 48.0 Å². The fraction of sp³-hybridized carbons (Fsp3) is 0.114. The molecule has 0 radical (unpaired) electrons. The number of pyridine rings is 1. The SMILES string of the molecule is C=CC(=O)Nc1ccc(Cn2c(=O)c(-c3c(Cl)c(OC)cc(OC)c3Cl)cc3cnc(Nc4c(NC(=O)C=C)cccc4OC)nc32)cc1. The first kappa shape index (κ1) is 34.5. The summed E-state index contributed by atoms with van der Waals surface area (Å²) in [6.45, 7) is 7.03. The normalized spacial score (nSPS) is 10.6. The van der Waals surface area contributed by atoms with Crippen molar-refractivity contribution in [3.63, 3.8) is 0 Å². The van der Waals surface area contributed by atoms with Crippen LogP contribution in [0.15, 0.2) is 90.9 Å². The van der Waals surface area contributed by atoms with Gasteiger partial charge in [-0.15, -0.1) is 0 Å². The molecule has 0 aliphatic rings. The number of aromatic nitrogens is 3. The molecule has 49 heavy (non-hydrogen) atoms. The van der Waals surface area contributed by atoms with Crippen LogP contribution in [0.2, 0.25) is 10.0 Å². The number of carbonyl (C=O) groups excluding carboxylic acids is 2. The fourth-order valence-electron chi connectivity index (χ4n) is 4.97. The molecule has 5 rings (SSSR count). The summed E-state index contributed by atoms with van der Waals surface area (Å²) >= 11 is 13.5. The average molecular weight is 702 g/mol. The van der Waals surface area contributed by atoms with Gasteiger partial charge in [0.05, 0.1) is 49.2 Å². The van der Waals surface area contributed by atoms with Crippen LogP contribution in [0, 0.1) is 0 Å². The fourth-order valence-corrected chi connectivity index (χ4v) is 5.67. The van der Waals surface area contributed by atoms with E-state index in [9.17, 15) is 14.4 Å². The van der Waals surface area contributed by atoms with Gasteiger partial charge < -0.3 is 30.2 Å². The van der Waals surface area contributed by atoms with E-state index in [4.69, 9.17) is 42.4 Å². The van der Waals surface area contributed by atoms with Crippen LogP contribution >= 0.6 is 23.2 Å². The van der Waals surface area contributed by atoms with Gasteiger partial charge in [0.25, 0.3) is 5.56 Å². The van der Waals surface area contributed by atoms with Crippen molar-refractivity contribution in [1.82, 2.24) is 14.5 Å². The molecular weight excluding hydrogens is 671 g/mol. The second-order valence-electron chi connectivity index (χ2n) is 10.3. The first-order valence-corrected chi connectivity index (χ1v) is 15.3. The zero-order valence-electron chi connectivity index (χ0n) is 26.6. The zero-order chi connectivity index (χ0) is 35.2. The van der Waals surface area contributed by atoms with Gasteiger partial charge in [-0.2, -0.15) is 4.98 Å². The van der Waals surface area contributed by atoms with Crippen molar-refractivity contribution in [1.29, 1.82) is 0 Å². The van der Waals surface area contributed by atoms with E-state index < -0.39 is 11.5 Å². The Morgan fingerprint density at radius 2 is 1.51 bits per heavy atom. The predicted octanol–water partition coefficient (Wildman–Crippen LogP) is 6.83. The largest absolute Gasteiger partial charge is 0.495 e. The van der Waals surface area contributed by atoms with Gasteiger partial charge in [0.1, 0.15) is 28.6 Å². The topological polar surface area (TPSA) is 146 Å². The van der Waals surface area contributed by atoms with Crippen molar-refractivity contribution in [3.8, 4) is 28.4 Å². The summed E-state index contributed by atoms with van der Waals surface area (Å²) < 4.78 is 17.9. The van der Waals surface area contributed by atoms with Crippen molar-refractivity contribution in [2.45, 2.75) is 6.54 Å². The lowest BCUT2D eigenvalue weighted by Gasteiger charge is -2.18. The summed E-state index contributed by atoms with van der Waals surface area (Å²) in [6.07, 6.45) is 3.85. The minimum absolute atomic E-state index is 0.0565. The zero-order valence-corrected chi connectivity index (χ0v) is 28.1. The van der Waals surface area contributed by atoms with E-state index in [1.807, 2.05) is 0 Å². The van der Waals surface area contributed by atoms with Crippen molar-refractivity contribution in [3.05, 3.63) is 112 Å². The Kier molecular flexibility index (Phi) is 10.5. The summed E-state index contributed by atoms with van der Waals surface area (Å²) in [7, 11) is 4.37. The van der Waals surface area contributed by atoms with Crippen LogP contribution in [0.5, 0.6) is 17.2 Å². The molecule has 0 saturated carbocycles. The van der Waals surface area contributed by atoms with Crippen LogP contribution in [0.25, 0.3) is 22.2 Å². The summed E-state index contributed by atoms with van der Waals surface area (Å²) in [4.78, 5) is 47.6. The molecule has 250 valence electrons. The Morgan fingerprint density at radius 3 is 2.12 bits per heavy atom. The number of anilines is 4. The summed E-state index contributed by atoms with van der Waals surface area (Å²) in [5.41, 5.74) is 2.18. The van der Waals surface area contributed by atoms with E-state index in [0.29, 0.717) is 33.8 Å². The lowest BCUT2D eigenvalue weighted by Crippen LogP contribution is -2.24. The molecule has 2 heterocycles. The molecule has 3 N–H and O–H groups in total. The van der Waals surface area contributed by atoms with E-state index in [1.165, 1.54) is 44.2 Å². The van der Waals surface area contributed by atoms with Crippen molar-refractivity contribution < 1.29 is 23.8 Å². The lowest BCUT2D eigenvalue weighted by atomic mass is 10.0. The number of halogens is 2. The van der Waals surface area contributed by atoms with Crippen LogP contribution in [-0.4, -0.2) is 47.7 Å². The molecule has 14 heteroatoms. The standard InChI is InChI=1S/C35H30Cl2N6O6/c1-6-27(44)39-21-13-11-19(12-14-21)18-43-33-20(15-22(34(43)46)29-30(36)25(48-4)16-26(49-5)31(29)37)17-38-35(42-33)41-32-23(40-28(45)7-2)9-8-10-24(32)47-3/h6-17H,1-2,18H2,3-5H3,(H,39,44)(H,40,45)(H,38,41,42). The molecule has 0 atom stereocenters. The number of hydrogen-bond acceptors (Lipinski definition) is 9. The molecule has 0 aliphatic heterocycles. The first-order valence-electron chi connectivity index (χ1n) is 14.5. The lowest BCUT2D eigenvalue weighted by molar-refractivity contribution is -0.112. The number of nitrogens with one attached hydrogen (secondary N) is 3. The van der Waals surface area contributed by atoms with Gasteiger partial charge in [-0.25, -0.2) is 4.98 Å². The highest BCUT2D eigenvalue weighted by Crippen LogP contribution is 2.45. The summed E-state index contributed by atoms with van der Waals surface area (Å²) in [6, 6.07) is 15.2. The second kappa shape index (κ2) is 14.9. The van der Waals surface area contributed by atoms with Gasteiger partial charge in [0.2, 0.25) is 17.8 Å². The van der Waals surface area contributed by atoms with Crippen LogP contribution in [0.1, 0.15) is 5.56 Å². The molecule has 0 fully saturated rings. The minimum Gasteiger partial charge on any atom is -0.495 e. The quantitative estimate of drug-likeness (QED) is 0.119. The molecule has 0 spiro atoms. The Morgan fingerprint density at radius 1 is 0.878 bits per heavy atom. The van der Waals surface area contributed by atoms with Crippen LogP contribution in [0.3, 0.4) is 0 Å². The third kappa shape index (κ3) is 7.20. The Balaban J connectivity index is 1.70. The molecule has 0 aliphatic carbocycles. The third-order valence-corrected chi connectivity index (χ3v) is 8.09. The molecule has 0 bridgehead atoms. The molecule has 3 aromatic carbocycles. The number of carbonyl (C=O) groups is 2. The van der Waals surface area contributed by atoms with E-state index in [1.54, 1.807) is 48.5 Å². The van der Waals surface area contributed by atoms with Crippen molar-refractivity contribution >= 4 is 69.1 Å². The smallest absolute Gasteiger partial charge is 0.260 e. The first-order chi connectivity index (χ1) is 23.6. The third-order valence-electron chi connectivity index (χ3n) is 7.34. The van der Waals surface area contributed by atoms with Crippen LogP contribution in [0.4, 0.5) is 23.0 Å². The van der Waals surface area contributed by atoms with E-state index in [-0.39, 0.29) is 56.7 Å². The maximum atomic E-state index is 14.5. The van der Waals surface area contributed by atoms with Crippen molar-refractivity contribution in [2.24, 2.45) is 0 Å². The van der Waals surface area contributed by atoms with E-state index in [2.05, 4.69) is 34.1 Å². The number of rotatable bonds is 12. The highest BCUT2D eigenvalue weighted by molar-refractivity contribution is 6.41. The second-order valence-corrected chi connectivity index (χ2v) is 11.1. The summed E-state index contributed by atoms with van der Waals surface area (Å²) in [5, 5.41) is 9.25. The van der Waals surface area contributed by atoms with Crippen LogP contribution in [-0.2, 0) is 16.1 Å². The number of benzene rings is 3. The maximum absolute atomic E-state index is 14.5. The van der Waals surface area contributed by atoms with Crippen LogP contribution < -0.4 is 35.7 Å². The predicted molar refractivity (Wildman–Crippen MR) is 192 cm³/mol. The molecule has 0 saturated heterocycles. The number of amides is 2. The number of hydrogen-bond donors (Lipinski definition) is 3. The minimum atomic E-state index is -0.475. The van der Waals surface area contributed by atoms with Gasteiger partial charge in [0, 0.05) is 28.9 Å². The summed E-state index contributed by atoms with van der Waals surface area (Å²) in [5.74, 6) is 0.232. The molecule has 12 nitrogen and oxygen atoms in total. The highest BCUT2D eigenvalue weighted by Gasteiger charge is 2.24. The number of fused-ring (bicyclic) bond motifs is 1. The van der Waals surface area contributed by atoms with Gasteiger partial charge >= 0.3 is 0 Å². The van der Waals surface area contributed by atoms with Gasteiger partial charge in [-0.3, -0.25) is 19.0 Å². The number of nitrogens with zero attached hydrogens (tertiary/aromatic N) is 3. The molecule has 0 unspecified atom stereocenters. The van der Waals surface area contributed by atoms with E-state index >= 15 is 0 Å². The number of ether oxygens (including phenoxy) is 3. The maximum Gasteiger partial charge on any atom is 0.260 e. The van der Waals surface area contributed by atoms with Gasteiger partial charge in [-0.1, -0.05) is 54.6 Å². The Hall–Kier alpha value is -5.85. The number of methoxy groups -OCH3 is 3. The Labute approximate surface area is 291 Å².